The Labute approximate surface area is 144 Å². The van der Waals surface area contributed by atoms with Gasteiger partial charge in [-0.1, -0.05) is 60.3 Å². The lowest BCUT2D eigenvalue weighted by Crippen LogP contribution is -2.35. The average Bonchev–Trinajstić information content (AvgIpc) is 3.03. The highest BCUT2D eigenvalue weighted by molar-refractivity contribution is 8.15. The Morgan fingerprint density at radius 1 is 1.12 bits per heavy atom. The van der Waals surface area contributed by atoms with Crippen LogP contribution in [0.1, 0.15) is 17.2 Å². The van der Waals surface area contributed by atoms with Gasteiger partial charge in [0, 0.05) is 5.56 Å². The number of hydrogen-bond donors (Lipinski definition) is 0. The van der Waals surface area contributed by atoms with Crippen molar-refractivity contribution >= 4 is 28.5 Å². The van der Waals surface area contributed by atoms with E-state index in [0.717, 1.165) is 27.7 Å². The summed E-state index contributed by atoms with van der Waals surface area (Å²) in [6.07, 6.45) is 2.04. The number of carbonyl (C=O) groups is 1. The molecule has 120 valence electrons. The monoisotopic (exact) mass is 336 g/mol. The second-order valence-corrected chi connectivity index (χ2v) is 6.49. The molecule has 1 amide bonds. The van der Waals surface area contributed by atoms with Crippen molar-refractivity contribution in [3.63, 3.8) is 0 Å². The smallest absolute Gasteiger partial charge is 0.239 e. The predicted molar refractivity (Wildman–Crippen MR) is 96.9 cm³/mol. The molecule has 1 fully saturated rings. The Morgan fingerprint density at radius 2 is 1.88 bits per heavy atom. The van der Waals surface area contributed by atoms with Gasteiger partial charge >= 0.3 is 0 Å². The van der Waals surface area contributed by atoms with Crippen LogP contribution in [0.4, 0.5) is 0 Å². The van der Waals surface area contributed by atoms with Crippen LogP contribution in [0.25, 0.3) is 5.70 Å². The van der Waals surface area contributed by atoms with E-state index >= 15 is 0 Å². The second kappa shape index (κ2) is 6.17. The molecule has 0 radical (unpaired) electrons. The van der Waals surface area contributed by atoms with Crippen LogP contribution < -0.4 is 4.74 Å². The summed E-state index contributed by atoms with van der Waals surface area (Å²) in [7, 11) is 1.65. The largest absolute Gasteiger partial charge is 0.496 e. The molecule has 5 heteroatoms. The third-order valence-corrected chi connectivity index (χ3v) is 5.07. The van der Waals surface area contributed by atoms with Gasteiger partial charge in [-0.3, -0.25) is 9.69 Å². The molecule has 0 bridgehead atoms. The summed E-state index contributed by atoms with van der Waals surface area (Å²) in [5.41, 5.74) is 2.90. The van der Waals surface area contributed by atoms with Crippen molar-refractivity contribution in [1.82, 2.24) is 4.90 Å². The van der Waals surface area contributed by atoms with Gasteiger partial charge in [-0.05, 0) is 17.7 Å². The van der Waals surface area contributed by atoms with E-state index in [4.69, 9.17) is 9.73 Å². The average molecular weight is 336 g/mol. The molecule has 2 aliphatic heterocycles. The van der Waals surface area contributed by atoms with Gasteiger partial charge in [0.25, 0.3) is 0 Å². The predicted octanol–water partition coefficient (Wildman–Crippen LogP) is 3.72. The number of aliphatic imine (C=N–C) groups is 1. The number of benzene rings is 2. The minimum Gasteiger partial charge on any atom is -0.496 e. The summed E-state index contributed by atoms with van der Waals surface area (Å²) in [4.78, 5) is 18.9. The van der Waals surface area contributed by atoms with Crippen molar-refractivity contribution in [1.29, 1.82) is 0 Å². The fourth-order valence-corrected chi connectivity index (χ4v) is 3.92. The topological polar surface area (TPSA) is 41.9 Å². The maximum atomic E-state index is 12.4. The van der Waals surface area contributed by atoms with Crippen LogP contribution in [0, 0.1) is 0 Å². The van der Waals surface area contributed by atoms with E-state index in [1.54, 1.807) is 12.0 Å². The van der Waals surface area contributed by atoms with Crippen molar-refractivity contribution in [3.8, 4) is 5.75 Å². The molecule has 0 aromatic heterocycles. The van der Waals surface area contributed by atoms with Gasteiger partial charge in [0.2, 0.25) is 5.91 Å². The van der Waals surface area contributed by atoms with Crippen molar-refractivity contribution in [3.05, 3.63) is 71.8 Å². The van der Waals surface area contributed by atoms with E-state index in [2.05, 4.69) is 0 Å². The zero-order valence-corrected chi connectivity index (χ0v) is 14.0. The number of carbonyl (C=O) groups excluding carboxylic acids is 1. The number of nitrogens with zero attached hydrogens (tertiary/aromatic N) is 2. The lowest BCUT2D eigenvalue weighted by Gasteiger charge is -2.30. The van der Waals surface area contributed by atoms with E-state index < -0.39 is 0 Å². The molecule has 4 rings (SSSR count). The number of amides is 1. The van der Waals surface area contributed by atoms with Gasteiger partial charge in [-0.2, -0.15) is 0 Å². The molecular weight excluding hydrogens is 320 g/mol. The van der Waals surface area contributed by atoms with E-state index in [1.807, 2.05) is 60.7 Å². The Balaban J connectivity index is 1.85. The number of thioether (sulfide) groups is 1. The molecule has 2 aromatic carbocycles. The molecule has 0 spiro atoms. The van der Waals surface area contributed by atoms with Crippen molar-refractivity contribution < 1.29 is 9.53 Å². The van der Waals surface area contributed by atoms with Gasteiger partial charge in [-0.15, -0.1) is 0 Å². The normalized spacial score (nSPS) is 19.6. The highest BCUT2D eigenvalue weighted by Crippen LogP contribution is 2.40. The van der Waals surface area contributed by atoms with Crippen LogP contribution in [0.5, 0.6) is 5.75 Å². The third kappa shape index (κ3) is 2.51. The molecule has 0 saturated carbocycles. The standard InChI is InChI=1S/C19H16N2O2S/c1-23-17-10-6-5-9-14(17)16-11-15(13-7-3-2-4-8-13)20-19-21(16)18(22)12-24-19/h2-11,16H,12H2,1H3. The third-order valence-electron chi connectivity index (χ3n) is 4.14. The van der Waals surface area contributed by atoms with Crippen LogP contribution in [-0.4, -0.2) is 28.8 Å². The first-order chi connectivity index (χ1) is 11.8. The Morgan fingerprint density at radius 3 is 2.67 bits per heavy atom. The summed E-state index contributed by atoms with van der Waals surface area (Å²) in [5.74, 6) is 1.29. The lowest BCUT2D eigenvalue weighted by atomic mass is 10.00. The number of methoxy groups -OCH3 is 1. The number of ether oxygens (including phenoxy) is 1. The fraction of sp³-hybridized carbons (Fsp3) is 0.158. The van der Waals surface area contributed by atoms with Gasteiger partial charge in [0.15, 0.2) is 5.17 Å². The first kappa shape index (κ1) is 15.0. The molecule has 2 aliphatic rings. The molecule has 1 unspecified atom stereocenters. The maximum Gasteiger partial charge on any atom is 0.239 e. The quantitative estimate of drug-likeness (QED) is 0.858. The minimum atomic E-state index is -0.202. The van der Waals surface area contributed by atoms with E-state index in [1.165, 1.54) is 11.8 Å². The molecule has 24 heavy (non-hydrogen) atoms. The molecule has 4 nitrogen and oxygen atoms in total. The number of para-hydroxylation sites is 1. The van der Waals surface area contributed by atoms with Crippen LogP contribution >= 0.6 is 11.8 Å². The first-order valence-corrected chi connectivity index (χ1v) is 8.70. The Kier molecular flexibility index (Phi) is 3.86. The van der Waals surface area contributed by atoms with Gasteiger partial charge in [0.1, 0.15) is 5.75 Å². The second-order valence-electron chi connectivity index (χ2n) is 5.55. The molecular formula is C19H16N2O2S. The van der Waals surface area contributed by atoms with Crippen molar-refractivity contribution in [2.45, 2.75) is 6.04 Å². The Hall–Kier alpha value is -2.53. The van der Waals surface area contributed by atoms with E-state index in [0.29, 0.717) is 5.75 Å². The zero-order valence-electron chi connectivity index (χ0n) is 13.2. The summed E-state index contributed by atoms with van der Waals surface area (Å²) in [5, 5.41) is 0.761. The number of rotatable bonds is 3. The van der Waals surface area contributed by atoms with Crippen molar-refractivity contribution in [2.24, 2.45) is 4.99 Å². The van der Waals surface area contributed by atoms with E-state index in [9.17, 15) is 4.79 Å². The van der Waals surface area contributed by atoms with Gasteiger partial charge in [-0.25, -0.2) is 4.99 Å². The summed E-state index contributed by atoms with van der Waals surface area (Å²) < 4.78 is 5.51. The van der Waals surface area contributed by atoms with Crippen LogP contribution in [0.15, 0.2) is 65.7 Å². The van der Waals surface area contributed by atoms with Gasteiger partial charge < -0.3 is 4.74 Å². The van der Waals surface area contributed by atoms with E-state index in [-0.39, 0.29) is 11.9 Å². The molecule has 1 saturated heterocycles. The highest BCUT2D eigenvalue weighted by Gasteiger charge is 2.38. The number of amidine groups is 1. The first-order valence-electron chi connectivity index (χ1n) is 7.71. The summed E-state index contributed by atoms with van der Waals surface area (Å²) in [6, 6.07) is 17.7. The van der Waals surface area contributed by atoms with Crippen LogP contribution in [-0.2, 0) is 4.79 Å². The maximum absolute atomic E-state index is 12.4. The van der Waals surface area contributed by atoms with Crippen LogP contribution in [0.2, 0.25) is 0 Å². The Bertz CT molecular complexity index is 845. The molecule has 2 aromatic rings. The zero-order chi connectivity index (χ0) is 16.5. The summed E-state index contributed by atoms with van der Waals surface area (Å²) >= 11 is 1.49. The molecule has 1 atom stereocenters. The lowest BCUT2D eigenvalue weighted by molar-refractivity contribution is -0.125. The van der Waals surface area contributed by atoms with Gasteiger partial charge in [0.05, 0.1) is 24.6 Å². The highest BCUT2D eigenvalue weighted by atomic mass is 32.2. The van der Waals surface area contributed by atoms with Crippen molar-refractivity contribution in [2.75, 3.05) is 12.9 Å². The van der Waals surface area contributed by atoms with Crippen LogP contribution in [0.3, 0.4) is 0 Å². The summed E-state index contributed by atoms with van der Waals surface area (Å²) in [6.45, 7) is 0. The number of fused-ring (bicyclic) bond motifs is 1. The minimum absolute atomic E-state index is 0.0815. The SMILES string of the molecule is COc1ccccc1C1C=C(c2ccccc2)N=C2SCC(=O)N21. The molecule has 2 heterocycles. The molecule has 0 N–H and O–H groups in total. The number of hydrogen-bond acceptors (Lipinski definition) is 4. The fourth-order valence-electron chi connectivity index (χ4n) is 3.01. The molecule has 0 aliphatic carbocycles.